The van der Waals surface area contributed by atoms with Gasteiger partial charge in [0.1, 0.15) is 23.0 Å². The van der Waals surface area contributed by atoms with Crippen molar-refractivity contribution in [1.82, 2.24) is 15.3 Å². The molecule has 0 bridgehead atoms. The summed E-state index contributed by atoms with van der Waals surface area (Å²) in [5.74, 6) is 1.73. The zero-order valence-corrected chi connectivity index (χ0v) is 19.1. The second-order valence-corrected chi connectivity index (χ2v) is 9.13. The molecule has 176 valence electrons. The Bertz CT molecular complexity index is 1350. The smallest absolute Gasteiger partial charge is 0.256 e. The molecule has 0 unspecified atom stereocenters. The highest BCUT2D eigenvalue weighted by Crippen LogP contribution is 2.41. The Labute approximate surface area is 202 Å². The number of benzene rings is 1. The van der Waals surface area contributed by atoms with Gasteiger partial charge in [0.15, 0.2) is 5.78 Å². The molecule has 3 N–H and O–H groups in total. The van der Waals surface area contributed by atoms with E-state index in [4.69, 9.17) is 4.74 Å². The molecule has 1 fully saturated rings. The standard InChI is InChI=1S/C27H25N5O3/c33-22-16-27(8-13-29-14-9-27)35-23-15-18(1-2-21(22)23)19-7-12-30-25-20(19)3-4-24(31-25)32-26(34)17-5-10-28-11-6-17/h1-7,10-11,15,29H,8-9,12-14,16H2,(H2,30,31,32,34). The molecule has 3 aliphatic rings. The molecule has 1 aromatic carbocycles. The largest absolute Gasteiger partial charge is 0.486 e. The Morgan fingerprint density at radius 1 is 1.03 bits per heavy atom. The Morgan fingerprint density at radius 2 is 1.83 bits per heavy atom. The van der Waals surface area contributed by atoms with Crippen LogP contribution in [0.3, 0.4) is 0 Å². The third kappa shape index (κ3) is 4.06. The van der Waals surface area contributed by atoms with E-state index in [2.05, 4.69) is 32.0 Å². The van der Waals surface area contributed by atoms with E-state index in [0.717, 1.165) is 42.6 Å². The molecule has 5 heterocycles. The van der Waals surface area contributed by atoms with E-state index in [1.807, 2.05) is 24.3 Å². The maximum Gasteiger partial charge on any atom is 0.256 e. The zero-order chi connectivity index (χ0) is 23.8. The number of rotatable bonds is 3. The zero-order valence-electron chi connectivity index (χ0n) is 19.1. The Balaban J connectivity index is 1.28. The van der Waals surface area contributed by atoms with Gasteiger partial charge in [-0.05, 0) is 60.6 Å². The summed E-state index contributed by atoms with van der Waals surface area (Å²) in [5.41, 5.74) is 3.68. The number of amides is 1. The van der Waals surface area contributed by atoms with Crippen LogP contribution in [0, 0.1) is 0 Å². The lowest BCUT2D eigenvalue weighted by Gasteiger charge is -2.41. The summed E-state index contributed by atoms with van der Waals surface area (Å²) >= 11 is 0. The highest BCUT2D eigenvalue weighted by molar-refractivity contribution is 6.04. The molecule has 1 spiro atoms. The van der Waals surface area contributed by atoms with Crippen LogP contribution in [0.25, 0.3) is 5.57 Å². The van der Waals surface area contributed by atoms with Gasteiger partial charge in [0.2, 0.25) is 0 Å². The van der Waals surface area contributed by atoms with Crippen molar-refractivity contribution in [3.63, 3.8) is 0 Å². The average molecular weight is 468 g/mol. The first-order chi connectivity index (χ1) is 17.1. The van der Waals surface area contributed by atoms with Gasteiger partial charge in [0, 0.05) is 42.9 Å². The highest BCUT2D eigenvalue weighted by Gasteiger charge is 2.41. The van der Waals surface area contributed by atoms with E-state index < -0.39 is 5.60 Å². The molecule has 0 radical (unpaired) electrons. The minimum Gasteiger partial charge on any atom is -0.486 e. The number of carbonyl (C=O) groups excluding carboxylic acids is 2. The predicted molar refractivity (Wildman–Crippen MR) is 133 cm³/mol. The van der Waals surface area contributed by atoms with Crippen molar-refractivity contribution >= 4 is 28.9 Å². The summed E-state index contributed by atoms with van der Waals surface area (Å²) in [6.45, 7) is 2.32. The van der Waals surface area contributed by atoms with Gasteiger partial charge in [-0.3, -0.25) is 14.6 Å². The molecule has 35 heavy (non-hydrogen) atoms. The lowest BCUT2D eigenvalue weighted by atomic mass is 9.82. The van der Waals surface area contributed by atoms with Crippen molar-refractivity contribution in [3.8, 4) is 5.75 Å². The van der Waals surface area contributed by atoms with E-state index in [9.17, 15) is 9.59 Å². The van der Waals surface area contributed by atoms with Crippen LogP contribution in [-0.2, 0) is 0 Å². The van der Waals surface area contributed by atoms with Gasteiger partial charge < -0.3 is 20.7 Å². The summed E-state index contributed by atoms with van der Waals surface area (Å²) in [6, 6.07) is 12.9. The Morgan fingerprint density at radius 3 is 2.66 bits per heavy atom. The maximum absolute atomic E-state index is 12.9. The monoisotopic (exact) mass is 467 g/mol. The van der Waals surface area contributed by atoms with Gasteiger partial charge in [-0.25, -0.2) is 4.98 Å². The Kier molecular flexibility index (Phi) is 5.30. The Hall–Kier alpha value is -4.04. The normalized spacial score (nSPS) is 17.9. The topological polar surface area (TPSA) is 105 Å². The van der Waals surface area contributed by atoms with E-state index in [1.165, 1.54) is 0 Å². The summed E-state index contributed by atoms with van der Waals surface area (Å²) < 4.78 is 6.48. The second kappa shape index (κ2) is 8.63. The summed E-state index contributed by atoms with van der Waals surface area (Å²) in [7, 11) is 0. The number of ether oxygens (including phenoxy) is 1. The van der Waals surface area contributed by atoms with Crippen molar-refractivity contribution in [2.75, 3.05) is 30.3 Å². The molecule has 6 rings (SSSR count). The molecule has 0 aliphatic carbocycles. The van der Waals surface area contributed by atoms with E-state index in [0.29, 0.717) is 41.5 Å². The number of hydrogen-bond donors (Lipinski definition) is 3. The molecular formula is C27H25N5O3. The number of ketones is 1. The summed E-state index contributed by atoms with van der Waals surface area (Å²) in [4.78, 5) is 34.0. The van der Waals surface area contributed by atoms with E-state index in [-0.39, 0.29) is 11.7 Å². The second-order valence-electron chi connectivity index (χ2n) is 9.13. The molecule has 3 aliphatic heterocycles. The number of Topliss-reactive ketones (excluding diaryl/α,β-unsaturated/α-hetero) is 1. The number of nitrogens with one attached hydrogen (secondary N) is 3. The quantitative estimate of drug-likeness (QED) is 0.540. The maximum atomic E-state index is 12.9. The van der Waals surface area contributed by atoms with Crippen LogP contribution >= 0.6 is 0 Å². The van der Waals surface area contributed by atoms with Crippen molar-refractivity contribution in [2.24, 2.45) is 0 Å². The van der Waals surface area contributed by atoms with Crippen molar-refractivity contribution in [1.29, 1.82) is 0 Å². The first-order valence-corrected chi connectivity index (χ1v) is 11.8. The lowest BCUT2D eigenvalue weighted by molar-refractivity contribution is 0.0187. The molecule has 0 atom stereocenters. The molecule has 1 amide bonds. The van der Waals surface area contributed by atoms with Gasteiger partial charge in [-0.1, -0.05) is 12.1 Å². The summed E-state index contributed by atoms with van der Waals surface area (Å²) in [5, 5.41) is 9.48. The van der Waals surface area contributed by atoms with E-state index in [1.54, 1.807) is 30.6 Å². The molecule has 8 nitrogen and oxygen atoms in total. The number of carbonyl (C=O) groups is 2. The number of fused-ring (bicyclic) bond motifs is 2. The predicted octanol–water partition coefficient (Wildman–Crippen LogP) is 3.67. The van der Waals surface area contributed by atoms with Crippen LogP contribution in [0.4, 0.5) is 11.6 Å². The SMILES string of the molecule is O=C(Nc1ccc2c(n1)NCC=C2c1ccc2c(c1)OC1(CCNCC1)CC2=O)c1ccncc1. The van der Waals surface area contributed by atoms with Crippen LogP contribution in [0.2, 0.25) is 0 Å². The van der Waals surface area contributed by atoms with Crippen LogP contribution in [-0.4, -0.2) is 46.9 Å². The number of piperidine rings is 1. The summed E-state index contributed by atoms with van der Waals surface area (Å²) in [6.07, 6.45) is 7.36. The van der Waals surface area contributed by atoms with Gasteiger partial charge in [0.05, 0.1) is 12.0 Å². The van der Waals surface area contributed by atoms with Crippen molar-refractivity contribution < 1.29 is 14.3 Å². The number of hydrogen-bond acceptors (Lipinski definition) is 7. The molecule has 0 saturated carbocycles. The number of aromatic nitrogens is 2. The fourth-order valence-electron chi connectivity index (χ4n) is 5.03. The third-order valence-electron chi connectivity index (χ3n) is 6.86. The minimum atomic E-state index is -0.405. The van der Waals surface area contributed by atoms with Crippen LogP contribution in [0.1, 0.15) is 51.1 Å². The third-order valence-corrected chi connectivity index (χ3v) is 6.86. The van der Waals surface area contributed by atoms with Gasteiger partial charge >= 0.3 is 0 Å². The number of pyridine rings is 2. The average Bonchev–Trinajstić information content (AvgIpc) is 2.89. The highest BCUT2D eigenvalue weighted by atomic mass is 16.5. The lowest BCUT2D eigenvalue weighted by Crippen LogP contribution is -2.49. The van der Waals surface area contributed by atoms with Crippen LogP contribution < -0.4 is 20.7 Å². The van der Waals surface area contributed by atoms with Crippen LogP contribution in [0.15, 0.2) is 60.9 Å². The molecular weight excluding hydrogens is 442 g/mol. The van der Waals surface area contributed by atoms with Crippen molar-refractivity contribution in [2.45, 2.75) is 24.9 Å². The van der Waals surface area contributed by atoms with Gasteiger partial charge in [-0.2, -0.15) is 0 Å². The first kappa shape index (κ1) is 21.5. The minimum absolute atomic E-state index is 0.149. The van der Waals surface area contributed by atoms with E-state index >= 15 is 0 Å². The van der Waals surface area contributed by atoms with Gasteiger partial charge in [0.25, 0.3) is 5.91 Å². The molecule has 1 saturated heterocycles. The van der Waals surface area contributed by atoms with Crippen LogP contribution in [0.5, 0.6) is 5.75 Å². The number of nitrogens with zero attached hydrogens (tertiary/aromatic N) is 2. The van der Waals surface area contributed by atoms with Crippen molar-refractivity contribution in [3.05, 3.63) is 83.2 Å². The molecule has 3 aromatic rings. The molecule has 8 heteroatoms. The fourth-order valence-corrected chi connectivity index (χ4v) is 5.03. The molecule has 2 aromatic heterocycles. The fraction of sp³-hybridized carbons (Fsp3) is 0.259. The number of anilines is 2. The van der Waals surface area contributed by atoms with Gasteiger partial charge in [-0.15, -0.1) is 0 Å². The first-order valence-electron chi connectivity index (χ1n) is 11.8.